The van der Waals surface area contributed by atoms with E-state index in [2.05, 4.69) is 4.18 Å². The lowest BCUT2D eigenvalue weighted by Crippen LogP contribution is -2.28. The van der Waals surface area contributed by atoms with E-state index in [1.807, 2.05) is 0 Å². The van der Waals surface area contributed by atoms with Crippen LogP contribution in [0, 0.1) is 12.8 Å². The Bertz CT molecular complexity index is 521. The van der Waals surface area contributed by atoms with Crippen LogP contribution in [0.1, 0.15) is 25.3 Å². The second-order valence-electron chi connectivity index (χ2n) is 4.58. The van der Waals surface area contributed by atoms with E-state index in [0.717, 1.165) is 5.56 Å². The van der Waals surface area contributed by atoms with Crippen LogP contribution in [0.3, 0.4) is 0 Å². The van der Waals surface area contributed by atoms with Gasteiger partial charge in [-0.1, -0.05) is 31.0 Å². The van der Waals surface area contributed by atoms with Crippen molar-refractivity contribution in [2.24, 2.45) is 5.92 Å². The average Bonchev–Trinajstić information content (AvgIpc) is 2.33. The zero-order valence-corrected chi connectivity index (χ0v) is 12.1. The van der Waals surface area contributed by atoms with Crippen molar-refractivity contribution >= 4 is 10.1 Å². The van der Waals surface area contributed by atoms with Crippen molar-refractivity contribution in [3.63, 3.8) is 0 Å². The van der Waals surface area contributed by atoms with Crippen molar-refractivity contribution in [1.29, 1.82) is 0 Å². The topological polar surface area (TPSA) is 43.4 Å². The van der Waals surface area contributed by atoms with Gasteiger partial charge in [0.25, 0.3) is 10.1 Å². The van der Waals surface area contributed by atoms with Crippen LogP contribution in [-0.2, 0) is 14.3 Å². The first-order valence-electron chi connectivity index (χ1n) is 6.19. The van der Waals surface area contributed by atoms with Gasteiger partial charge in [-0.3, -0.25) is 4.18 Å². The predicted octanol–water partition coefficient (Wildman–Crippen LogP) is 3.68. The molecule has 0 bridgehead atoms. The maximum atomic E-state index is 12.7. The van der Waals surface area contributed by atoms with Crippen molar-refractivity contribution in [2.45, 2.75) is 37.8 Å². The normalized spacial score (nSPS) is 14.2. The van der Waals surface area contributed by atoms with E-state index in [1.165, 1.54) is 12.1 Å². The molecule has 7 heteroatoms. The molecule has 0 spiro atoms. The van der Waals surface area contributed by atoms with Gasteiger partial charge in [0.15, 0.2) is 0 Å². The van der Waals surface area contributed by atoms with E-state index in [1.54, 1.807) is 26.0 Å². The molecule has 1 aromatic carbocycles. The summed E-state index contributed by atoms with van der Waals surface area (Å²) in [6.45, 7) is 2.50. The average molecular weight is 310 g/mol. The van der Waals surface area contributed by atoms with Crippen LogP contribution < -0.4 is 0 Å². The molecule has 0 amide bonds. The van der Waals surface area contributed by atoms with Gasteiger partial charge in [0.2, 0.25) is 0 Å². The minimum Gasteiger partial charge on any atom is -0.266 e. The Balaban J connectivity index is 2.78. The van der Waals surface area contributed by atoms with Crippen molar-refractivity contribution in [3.05, 3.63) is 29.8 Å². The zero-order valence-electron chi connectivity index (χ0n) is 11.3. The molecule has 0 N–H and O–H groups in total. The fourth-order valence-electron chi connectivity index (χ4n) is 1.63. The van der Waals surface area contributed by atoms with E-state index < -0.39 is 28.8 Å². The Morgan fingerprint density at radius 3 is 2.20 bits per heavy atom. The maximum Gasteiger partial charge on any atom is 0.394 e. The number of rotatable bonds is 6. The maximum absolute atomic E-state index is 12.7. The number of alkyl halides is 3. The Morgan fingerprint density at radius 1 is 1.20 bits per heavy atom. The Kier molecular flexibility index (Phi) is 5.59. The molecule has 0 aliphatic carbocycles. The largest absolute Gasteiger partial charge is 0.394 e. The highest BCUT2D eigenvalue weighted by Gasteiger charge is 2.39. The van der Waals surface area contributed by atoms with E-state index >= 15 is 0 Å². The molecule has 0 saturated heterocycles. The van der Waals surface area contributed by atoms with Gasteiger partial charge in [-0.15, -0.1) is 0 Å². The minimum atomic E-state index is -4.46. The third kappa shape index (κ3) is 4.79. The summed E-state index contributed by atoms with van der Waals surface area (Å²) in [5.41, 5.74) is 0.850. The van der Waals surface area contributed by atoms with Gasteiger partial charge in [0, 0.05) is 0 Å². The summed E-state index contributed by atoms with van der Waals surface area (Å²) < 4.78 is 66.1. The Hall–Kier alpha value is -1.08. The van der Waals surface area contributed by atoms with Gasteiger partial charge in [0.05, 0.1) is 17.4 Å². The van der Waals surface area contributed by atoms with Crippen molar-refractivity contribution < 1.29 is 25.8 Å². The van der Waals surface area contributed by atoms with Crippen LogP contribution in [0.5, 0.6) is 0 Å². The molecule has 20 heavy (non-hydrogen) atoms. The van der Waals surface area contributed by atoms with Gasteiger partial charge in [0.1, 0.15) is 0 Å². The van der Waals surface area contributed by atoms with E-state index in [0.29, 0.717) is 6.42 Å². The first-order chi connectivity index (χ1) is 9.16. The minimum absolute atomic E-state index is 0.138. The highest BCUT2D eigenvalue weighted by Crippen LogP contribution is 2.30. The molecule has 1 rings (SSSR count). The van der Waals surface area contributed by atoms with Crippen LogP contribution >= 0.6 is 0 Å². The Labute approximate surface area is 116 Å². The summed E-state index contributed by atoms with van der Waals surface area (Å²) in [5.74, 6) is -1.77. The molecule has 3 nitrogen and oxygen atoms in total. The standard InChI is InChI=1S/C13H17F3O3S/c1-3-4-11(13(14,15)16)9-19-20(17,18)12-7-5-10(2)6-8-12/h5-8,11H,3-4,9H2,1-2H3. The van der Waals surface area contributed by atoms with Gasteiger partial charge < -0.3 is 0 Å². The van der Waals surface area contributed by atoms with Crippen molar-refractivity contribution in [1.82, 2.24) is 0 Å². The highest BCUT2D eigenvalue weighted by molar-refractivity contribution is 7.86. The molecule has 114 valence electrons. The van der Waals surface area contributed by atoms with Gasteiger partial charge in [-0.25, -0.2) is 0 Å². The molecule has 1 atom stereocenters. The number of hydrogen-bond acceptors (Lipinski definition) is 3. The second kappa shape index (κ2) is 6.58. The number of halogens is 3. The Morgan fingerprint density at radius 2 is 1.75 bits per heavy atom. The third-order valence-electron chi connectivity index (χ3n) is 2.83. The van der Waals surface area contributed by atoms with Crippen LogP contribution in [-0.4, -0.2) is 21.2 Å². The fourth-order valence-corrected chi connectivity index (χ4v) is 2.58. The van der Waals surface area contributed by atoms with Crippen molar-refractivity contribution in [2.75, 3.05) is 6.61 Å². The molecule has 0 fully saturated rings. The van der Waals surface area contributed by atoms with Crippen LogP contribution in [0.4, 0.5) is 13.2 Å². The predicted molar refractivity (Wildman–Crippen MR) is 68.8 cm³/mol. The lowest BCUT2D eigenvalue weighted by Gasteiger charge is -2.19. The molecule has 0 aliphatic rings. The summed E-state index contributed by atoms with van der Waals surface area (Å²) in [6, 6.07) is 5.74. The van der Waals surface area contributed by atoms with Crippen LogP contribution in [0.25, 0.3) is 0 Å². The molecule has 0 heterocycles. The number of benzene rings is 1. The summed E-state index contributed by atoms with van der Waals surface area (Å²) >= 11 is 0. The summed E-state index contributed by atoms with van der Waals surface area (Å²) in [6.07, 6.45) is -4.32. The van der Waals surface area contributed by atoms with Gasteiger partial charge in [-0.05, 0) is 25.5 Å². The fraction of sp³-hybridized carbons (Fsp3) is 0.538. The quantitative estimate of drug-likeness (QED) is 0.753. The number of aryl methyl sites for hydroxylation is 1. The van der Waals surface area contributed by atoms with E-state index in [-0.39, 0.29) is 11.3 Å². The first-order valence-corrected chi connectivity index (χ1v) is 7.60. The lowest BCUT2D eigenvalue weighted by atomic mass is 10.1. The van der Waals surface area contributed by atoms with E-state index in [4.69, 9.17) is 0 Å². The van der Waals surface area contributed by atoms with Crippen molar-refractivity contribution in [3.8, 4) is 0 Å². The molecule has 0 saturated carbocycles. The molecular weight excluding hydrogens is 293 g/mol. The zero-order chi connectivity index (χ0) is 15.4. The smallest absolute Gasteiger partial charge is 0.266 e. The molecule has 0 aliphatic heterocycles. The van der Waals surface area contributed by atoms with Crippen LogP contribution in [0.2, 0.25) is 0 Å². The molecule has 1 aromatic rings. The first kappa shape index (κ1) is 17.0. The molecule has 0 radical (unpaired) electrons. The monoisotopic (exact) mass is 310 g/mol. The molecule has 1 unspecified atom stereocenters. The van der Waals surface area contributed by atoms with E-state index in [9.17, 15) is 21.6 Å². The highest BCUT2D eigenvalue weighted by atomic mass is 32.2. The van der Waals surface area contributed by atoms with Gasteiger partial charge in [-0.2, -0.15) is 21.6 Å². The van der Waals surface area contributed by atoms with Crippen LogP contribution in [0.15, 0.2) is 29.2 Å². The molecule has 0 aromatic heterocycles. The number of hydrogen-bond donors (Lipinski definition) is 0. The summed E-state index contributed by atoms with van der Waals surface area (Å²) in [7, 11) is -4.15. The SMILES string of the molecule is CCCC(COS(=O)(=O)c1ccc(C)cc1)C(F)(F)F. The summed E-state index contributed by atoms with van der Waals surface area (Å²) in [4.78, 5) is -0.138. The third-order valence-corrected chi connectivity index (χ3v) is 4.13. The lowest BCUT2D eigenvalue weighted by molar-refractivity contribution is -0.183. The molecular formula is C13H17F3O3S. The summed E-state index contributed by atoms with van der Waals surface area (Å²) in [5, 5.41) is 0. The van der Waals surface area contributed by atoms with Gasteiger partial charge >= 0.3 is 6.18 Å². The second-order valence-corrected chi connectivity index (χ2v) is 6.19.